The third kappa shape index (κ3) is 5.20. The van der Waals surface area contributed by atoms with Gasteiger partial charge in [-0.25, -0.2) is 0 Å². The smallest absolute Gasteiger partial charge is 0.118 e. The lowest BCUT2D eigenvalue weighted by Crippen LogP contribution is -2.23. The van der Waals surface area contributed by atoms with Crippen LogP contribution in [0.3, 0.4) is 0 Å². The van der Waals surface area contributed by atoms with E-state index in [1.807, 2.05) is 12.1 Å². The molecule has 0 fully saturated rings. The predicted molar refractivity (Wildman–Crippen MR) is 72.6 cm³/mol. The molecule has 0 radical (unpaired) electrons. The zero-order chi connectivity index (χ0) is 12.7. The first-order valence-corrected chi connectivity index (χ1v) is 6.15. The van der Waals surface area contributed by atoms with E-state index in [0.29, 0.717) is 6.04 Å². The van der Waals surface area contributed by atoms with E-state index in [1.165, 1.54) is 12.0 Å². The fourth-order valence-electron chi connectivity index (χ4n) is 1.72. The van der Waals surface area contributed by atoms with Crippen molar-refractivity contribution in [3.05, 3.63) is 29.8 Å². The van der Waals surface area contributed by atoms with Crippen LogP contribution in [-0.2, 0) is 0 Å². The van der Waals surface area contributed by atoms with E-state index in [0.717, 1.165) is 18.8 Å². The van der Waals surface area contributed by atoms with Crippen molar-refractivity contribution in [2.45, 2.75) is 19.4 Å². The van der Waals surface area contributed by atoms with Crippen LogP contribution in [0.1, 0.15) is 24.9 Å². The molecule has 17 heavy (non-hydrogen) atoms. The standard InChI is InChI=1S/C14H24N2O/c1-12(15-10-5-11-16(2)3)13-6-8-14(17-4)9-7-13/h6-9,12,15H,5,10-11H2,1-4H3/t12-/m0/s1. The second-order valence-electron chi connectivity index (χ2n) is 4.61. The summed E-state index contributed by atoms with van der Waals surface area (Å²) in [5.74, 6) is 0.911. The molecule has 0 spiro atoms. The summed E-state index contributed by atoms with van der Waals surface area (Å²) < 4.78 is 5.15. The Morgan fingerprint density at radius 2 is 1.88 bits per heavy atom. The first-order valence-electron chi connectivity index (χ1n) is 6.15. The first kappa shape index (κ1) is 14.0. The van der Waals surface area contributed by atoms with Gasteiger partial charge in [-0.2, -0.15) is 0 Å². The molecular weight excluding hydrogens is 212 g/mol. The average molecular weight is 236 g/mol. The van der Waals surface area contributed by atoms with Crippen LogP contribution in [0, 0.1) is 0 Å². The Balaban J connectivity index is 2.33. The molecule has 0 saturated carbocycles. The summed E-state index contributed by atoms with van der Waals surface area (Å²) >= 11 is 0. The summed E-state index contributed by atoms with van der Waals surface area (Å²) in [6.45, 7) is 4.37. The highest BCUT2D eigenvalue weighted by atomic mass is 16.5. The molecule has 96 valence electrons. The number of hydrogen-bond donors (Lipinski definition) is 1. The van der Waals surface area contributed by atoms with Crippen molar-refractivity contribution in [2.24, 2.45) is 0 Å². The van der Waals surface area contributed by atoms with Gasteiger partial charge in [0.15, 0.2) is 0 Å². The average Bonchev–Trinajstić information content (AvgIpc) is 2.34. The minimum absolute atomic E-state index is 0.392. The largest absolute Gasteiger partial charge is 0.497 e. The summed E-state index contributed by atoms with van der Waals surface area (Å²) in [4.78, 5) is 2.21. The van der Waals surface area contributed by atoms with Gasteiger partial charge in [-0.1, -0.05) is 12.1 Å². The topological polar surface area (TPSA) is 24.5 Å². The molecule has 0 saturated heterocycles. The highest BCUT2D eigenvalue weighted by molar-refractivity contribution is 5.28. The van der Waals surface area contributed by atoms with E-state index >= 15 is 0 Å². The minimum Gasteiger partial charge on any atom is -0.497 e. The summed E-state index contributed by atoms with van der Waals surface area (Å²) in [5, 5.41) is 3.52. The Bertz CT molecular complexity index is 309. The van der Waals surface area contributed by atoms with Crippen molar-refractivity contribution >= 4 is 0 Å². The van der Waals surface area contributed by atoms with Gasteiger partial charge in [0.2, 0.25) is 0 Å². The van der Waals surface area contributed by atoms with E-state index in [1.54, 1.807) is 7.11 Å². The Labute approximate surface area is 105 Å². The molecule has 1 N–H and O–H groups in total. The van der Waals surface area contributed by atoms with Crippen LogP contribution in [0.2, 0.25) is 0 Å². The van der Waals surface area contributed by atoms with Crippen LogP contribution in [0.15, 0.2) is 24.3 Å². The van der Waals surface area contributed by atoms with Crippen LogP contribution < -0.4 is 10.1 Å². The van der Waals surface area contributed by atoms with Crippen molar-refractivity contribution in [3.8, 4) is 5.75 Å². The maximum absolute atomic E-state index is 5.15. The normalized spacial score (nSPS) is 12.8. The van der Waals surface area contributed by atoms with Gasteiger partial charge in [-0.15, -0.1) is 0 Å². The quantitative estimate of drug-likeness (QED) is 0.735. The zero-order valence-corrected chi connectivity index (χ0v) is 11.4. The molecule has 3 nitrogen and oxygen atoms in total. The van der Waals surface area contributed by atoms with Gasteiger partial charge < -0.3 is 15.0 Å². The third-order valence-corrected chi connectivity index (χ3v) is 2.85. The highest BCUT2D eigenvalue weighted by Crippen LogP contribution is 2.16. The Morgan fingerprint density at radius 1 is 1.24 bits per heavy atom. The summed E-state index contributed by atoms with van der Waals surface area (Å²) in [7, 11) is 5.90. The van der Waals surface area contributed by atoms with Crippen molar-refractivity contribution in [1.29, 1.82) is 0 Å². The number of hydrogen-bond acceptors (Lipinski definition) is 3. The molecule has 0 aliphatic rings. The number of ether oxygens (including phenoxy) is 1. The van der Waals surface area contributed by atoms with Crippen LogP contribution >= 0.6 is 0 Å². The van der Waals surface area contributed by atoms with E-state index in [9.17, 15) is 0 Å². The van der Waals surface area contributed by atoms with Crippen LogP contribution in [-0.4, -0.2) is 39.2 Å². The summed E-state index contributed by atoms with van der Waals surface area (Å²) in [5.41, 5.74) is 1.30. The molecule has 0 amide bonds. The summed E-state index contributed by atoms with van der Waals surface area (Å²) in [6.07, 6.45) is 1.17. The molecule has 0 aliphatic heterocycles. The van der Waals surface area contributed by atoms with Gasteiger partial charge in [0, 0.05) is 6.04 Å². The van der Waals surface area contributed by atoms with Gasteiger partial charge >= 0.3 is 0 Å². The predicted octanol–water partition coefficient (Wildman–Crippen LogP) is 2.30. The lowest BCUT2D eigenvalue weighted by Gasteiger charge is -2.16. The Kier molecular flexibility index (Phi) is 6.01. The fraction of sp³-hybridized carbons (Fsp3) is 0.571. The number of benzene rings is 1. The SMILES string of the molecule is COc1ccc([C@H](C)NCCCN(C)C)cc1. The number of methoxy groups -OCH3 is 1. The van der Waals surface area contributed by atoms with Gasteiger partial charge in [-0.05, 0) is 58.2 Å². The molecule has 3 heteroatoms. The van der Waals surface area contributed by atoms with Gasteiger partial charge in [0.05, 0.1) is 7.11 Å². The number of nitrogens with zero attached hydrogens (tertiary/aromatic N) is 1. The number of rotatable bonds is 7. The molecule has 0 heterocycles. The van der Waals surface area contributed by atoms with Gasteiger partial charge in [0.25, 0.3) is 0 Å². The van der Waals surface area contributed by atoms with Gasteiger partial charge in [-0.3, -0.25) is 0 Å². The molecule has 0 unspecified atom stereocenters. The lowest BCUT2D eigenvalue weighted by molar-refractivity contribution is 0.389. The second-order valence-corrected chi connectivity index (χ2v) is 4.61. The molecule has 0 aliphatic carbocycles. The van der Waals surface area contributed by atoms with Crippen LogP contribution in [0.4, 0.5) is 0 Å². The maximum Gasteiger partial charge on any atom is 0.118 e. The Hall–Kier alpha value is -1.06. The Morgan fingerprint density at radius 3 is 2.41 bits per heavy atom. The van der Waals surface area contributed by atoms with Crippen molar-refractivity contribution in [2.75, 3.05) is 34.3 Å². The lowest BCUT2D eigenvalue weighted by atomic mass is 10.1. The van der Waals surface area contributed by atoms with Crippen molar-refractivity contribution < 1.29 is 4.74 Å². The maximum atomic E-state index is 5.15. The van der Waals surface area contributed by atoms with E-state index in [2.05, 4.69) is 43.4 Å². The summed E-state index contributed by atoms with van der Waals surface area (Å²) in [6, 6.07) is 8.63. The molecule has 1 aromatic carbocycles. The monoisotopic (exact) mass is 236 g/mol. The van der Waals surface area contributed by atoms with E-state index < -0.39 is 0 Å². The molecule has 0 bridgehead atoms. The van der Waals surface area contributed by atoms with Crippen LogP contribution in [0.5, 0.6) is 5.75 Å². The molecular formula is C14H24N2O. The first-order chi connectivity index (χ1) is 8.13. The second kappa shape index (κ2) is 7.30. The van der Waals surface area contributed by atoms with Crippen molar-refractivity contribution in [1.82, 2.24) is 10.2 Å². The highest BCUT2D eigenvalue weighted by Gasteiger charge is 2.04. The zero-order valence-electron chi connectivity index (χ0n) is 11.4. The van der Waals surface area contributed by atoms with Crippen LogP contribution in [0.25, 0.3) is 0 Å². The molecule has 1 atom stereocenters. The molecule has 1 rings (SSSR count). The molecule has 0 aromatic heterocycles. The van der Waals surface area contributed by atoms with Crippen molar-refractivity contribution in [3.63, 3.8) is 0 Å². The number of nitrogens with one attached hydrogen (secondary N) is 1. The minimum atomic E-state index is 0.392. The third-order valence-electron chi connectivity index (χ3n) is 2.85. The van der Waals surface area contributed by atoms with E-state index in [4.69, 9.17) is 4.74 Å². The van der Waals surface area contributed by atoms with E-state index in [-0.39, 0.29) is 0 Å². The van der Waals surface area contributed by atoms with Gasteiger partial charge in [0.1, 0.15) is 5.75 Å². The molecule has 1 aromatic rings. The fourth-order valence-corrected chi connectivity index (χ4v) is 1.72.